The molecule has 0 bridgehead atoms. The third-order valence-corrected chi connectivity index (χ3v) is 5.74. The van der Waals surface area contributed by atoms with Gasteiger partial charge in [-0.25, -0.2) is 0 Å². The fraction of sp³-hybridized carbons (Fsp3) is 0.160. The third kappa shape index (κ3) is 3.38. The van der Waals surface area contributed by atoms with Crippen LogP contribution in [0.1, 0.15) is 17.2 Å². The molecule has 1 aromatic heterocycles. The molecule has 1 saturated heterocycles. The number of anilines is 1. The Hall–Kier alpha value is -4.53. The summed E-state index contributed by atoms with van der Waals surface area (Å²) in [5.74, 6) is -0.253. The van der Waals surface area contributed by atoms with Crippen molar-refractivity contribution >= 4 is 23.1 Å². The Bertz CT molecular complexity index is 1320. The molecule has 9 heteroatoms. The first-order valence-electron chi connectivity index (χ1n) is 10.4. The number of benzene rings is 2. The molecule has 172 valence electrons. The molecule has 1 amide bonds. The van der Waals surface area contributed by atoms with Gasteiger partial charge in [0.05, 0.1) is 31.4 Å². The van der Waals surface area contributed by atoms with Crippen LogP contribution in [0.4, 0.5) is 5.69 Å². The van der Waals surface area contributed by atoms with Crippen LogP contribution in [0.15, 0.2) is 66.5 Å². The van der Waals surface area contributed by atoms with Gasteiger partial charge in [-0.15, -0.1) is 0 Å². The van der Waals surface area contributed by atoms with Gasteiger partial charge >= 0.3 is 0 Å². The molecule has 2 aliphatic rings. The number of rotatable bonds is 5. The lowest BCUT2D eigenvalue weighted by Crippen LogP contribution is -2.29. The fourth-order valence-electron chi connectivity index (χ4n) is 4.13. The van der Waals surface area contributed by atoms with Gasteiger partial charge in [0.15, 0.2) is 11.5 Å². The SMILES string of the molecule is COc1ccc(OC)c(/C(O)=C2\C(=O)C(=O)N(c3ccc4c(c3)OCO4)C2c2cccnc2)c1. The monoisotopic (exact) mass is 460 g/mol. The maximum Gasteiger partial charge on any atom is 0.300 e. The van der Waals surface area contributed by atoms with Crippen molar-refractivity contribution in [2.45, 2.75) is 6.04 Å². The Kier molecular flexibility index (Phi) is 5.29. The Morgan fingerprint density at radius 3 is 2.62 bits per heavy atom. The summed E-state index contributed by atoms with van der Waals surface area (Å²) >= 11 is 0. The maximum atomic E-state index is 13.3. The zero-order chi connectivity index (χ0) is 23.8. The standard InChI is InChI=1S/C25H20N2O7/c1-31-16-6-8-18(32-2)17(11-16)23(28)21-22(14-4-3-9-26-12-14)27(25(30)24(21)29)15-5-7-19-20(10-15)34-13-33-19/h3-12,22,28H,13H2,1-2H3/b23-21+. The van der Waals surface area contributed by atoms with Gasteiger partial charge in [-0.05, 0) is 42.0 Å². The molecule has 3 heterocycles. The largest absolute Gasteiger partial charge is 0.507 e. The Morgan fingerprint density at radius 2 is 1.88 bits per heavy atom. The van der Waals surface area contributed by atoms with Crippen molar-refractivity contribution < 1.29 is 33.6 Å². The second-order valence-electron chi connectivity index (χ2n) is 7.56. The van der Waals surface area contributed by atoms with Crippen LogP contribution < -0.4 is 23.8 Å². The van der Waals surface area contributed by atoms with E-state index in [1.54, 1.807) is 60.9 Å². The highest BCUT2D eigenvalue weighted by Gasteiger charge is 2.47. The van der Waals surface area contributed by atoms with Crippen LogP contribution in [0.5, 0.6) is 23.0 Å². The predicted octanol–water partition coefficient (Wildman–Crippen LogP) is 3.45. The average Bonchev–Trinajstić information content (AvgIpc) is 3.45. The van der Waals surface area contributed by atoms with E-state index in [0.717, 1.165) is 0 Å². The number of carbonyl (C=O) groups is 2. The molecule has 1 fully saturated rings. The van der Waals surface area contributed by atoms with E-state index in [0.29, 0.717) is 34.2 Å². The summed E-state index contributed by atoms with van der Waals surface area (Å²) in [6.45, 7) is 0.0687. The number of methoxy groups -OCH3 is 2. The molecule has 34 heavy (non-hydrogen) atoms. The zero-order valence-electron chi connectivity index (χ0n) is 18.3. The van der Waals surface area contributed by atoms with E-state index in [1.807, 2.05) is 0 Å². The van der Waals surface area contributed by atoms with E-state index < -0.39 is 17.7 Å². The normalized spacial score (nSPS) is 18.3. The number of aliphatic hydroxyl groups excluding tert-OH is 1. The summed E-state index contributed by atoms with van der Waals surface area (Å²) in [7, 11) is 2.93. The lowest BCUT2D eigenvalue weighted by Gasteiger charge is -2.25. The first kappa shape index (κ1) is 21.3. The molecule has 1 N–H and O–H groups in total. The van der Waals surface area contributed by atoms with Gasteiger partial charge in [0, 0.05) is 24.1 Å². The Morgan fingerprint density at radius 1 is 1.06 bits per heavy atom. The van der Waals surface area contributed by atoms with E-state index in [4.69, 9.17) is 18.9 Å². The summed E-state index contributed by atoms with van der Waals surface area (Å²) in [5.41, 5.74) is 1.08. The quantitative estimate of drug-likeness (QED) is 0.351. The summed E-state index contributed by atoms with van der Waals surface area (Å²) < 4.78 is 21.5. The summed E-state index contributed by atoms with van der Waals surface area (Å²) in [6.07, 6.45) is 3.13. The molecule has 3 aromatic rings. The number of aromatic nitrogens is 1. The number of amides is 1. The number of ketones is 1. The van der Waals surface area contributed by atoms with Crippen LogP contribution >= 0.6 is 0 Å². The molecular formula is C25H20N2O7. The molecule has 0 spiro atoms. The second-order valence-corrected chi connectivity index (χ2v) is 7.56. The molecule has 1 atom stereocenters. The van der Waals surface area contributed by atoms with Crippen molar-refractivity contribution in [2.24, 2.45) is 0 Å². The molecular weight excluding hydrogens is 440 g/mol. The number of aliphatic hydroxyl groups is 1. The van der Waals surface area contributed by atoms with Crippen molar-refractivity contribution in [1.29, 1.82) is 0 Å². The zero-order valence-corrected chi connectivity index (χ0v) is 18.3. The minimum atomic E-state index is -0.940. The predicted molar refractivity (Wildman–Crippen MR) is 121 cm³/mol. The van der Waals surface area contributed by atoms with Gasteiger partial charge in [-0.3, -0.25) is 19.5 Å². The van der Waals surface area contributed by atoms with Crippen LogP contribution in [0.3, 0.4) is 0 Å². The molecule has 0 aliphatic carbocycles. The number of Topliss-reactive ketones (excluding diaryl/α,β-unsaturated/α-hetero) is 1. The molecule has 1 unspecified atom stereocenters. The van der Waals surface area contributed by atoms with E-state index in [-0.39, 0.29) is 23.7 Å². The van der Waals surface area contributed by atoms with E-state index in [1.165, 1.54) is 19.1 Å². The number of hydrogen-bond acceptors (Lipinski definition) is 8. The number of fused-ring (bicyclic) bond motifs is 1. The highest BCUT2D eigenvalue weighted by Crippen LogP contribution is 2.45. The number of carbonyl (C=O) groups excluding carboxylic acids is 2. The van der Waals surface area contributed by atoms with Gasteiger partial charge in [0.1, 0.15) is 17.3 Å². The third-order valence-electron chi connectivity index (χ3n) is 5.74. The van der Waals surface area contributed by atoms with Crippen molar-refractivity contribution in [3.05, 3.63) is 77.6 Å². The molecule has 0 radical (unpaired) electrons. The summed E-state index contributed by atoms with van der Waals surface area (Å²) in [6, 6.07) is 12.3. The van der Waals surface area contributed by atoms with Gasteiger partial charge in [-0.2, -0.15) is 0 Å². The van der Waals surface area contributed by atoms with Gasteiger partial charge in [0.2, 0.25) is 6.79 Å². The highest BCUT2D eigenvalue weighted by molar-refractivity contribution is 6.51. The smallest absolute Gasteiger partial charge is 0.300 e. The van der Waals surface area contributed by atoms with Gasteiger partial charge < -0.3 is 24.1 Å². The summed E-state index contributed by atoms with van der Waals surface area (Å²) in [4.78, 5) is 32.1. The van der Waals surface area contributed by atoms with Crippen LogP contribution in [0.2, 0.25) is 0 Å². The molecule has 5 rings (SSSR count). The number of pyridine rings is 1. The molecule has 0 saturated carbocycles. The molecule has 2 aliphatic heterocycles. The Balaban J connectivity index is 1.72. The minimum Gasteiger partial charge on any atom is -0.507 e. The fourth-order valence-corrected chi connectivity index (χ4v) is 4.13. The van der Waals surface area contributed by atoms with Gasteiger partial charge in [0.25, 0.3) is 11.7 Å². The highest BCUT2D eigenvalue weighted by atomic mass is 16.7. The number of nitrogens with zero attached hydrogens (tertiary/aromatic N) is 2. The molecule has 9 nitrogen and oxygen atoms in total. The van der Waals surface area contributed by atoms with E-state index in [9.17, 15) is 14.7 Å². The number of ether oxygens (including phenoxy) is 4. The lowest BCUT2D eigenvalue weighted by molar-refractivity contribution is -0.132. The van der Waals surface area contributed by atoms with Crippen molar-refractivity contribution in [2.75, 3.05) is 25.9 Å². The second kappa shape index (κ2) is 8.43. The first-order chi connectivity index (χ1) is 16.5. The van der Waals surface area contributed by atoms with E-state index >= 15 is 0 Å². The van der Waals surface area contributed by atoms with Crippen molar-refractivity contribution in [3.8, 4) is 23.0 Å². The van der Waals surface area contributed by atoms with Crippen molar-refractivity contribution in [1.82, 2.24) is 4.98 Å². The van der Waals surface area contributed by atoms with Crippen LogP contribution in [0, 0.1) is 0 Å². The van der Waals surface area contributed by atoms with Crippen LogP contribution in [-0.4, -0.2) is 42.8 Å². The van der Waals surface area contributed by atoms with Crippen LogP contribution in [-0.2, 0) is 9.59 Å². The lowest BCUT2D eigenvalue weighted by atomic mass is 9.95. The Labute approximate surface area is 194 Å². The van der Waals surface area contributed by atoms with Gasteiger partial charge in [-0.1, -0.05) is 6.07 Å². The maximum absolute atomic E-state index is 13.3. The van der Waals surface area contributed by atoms with Crippen molar-refractivity contribution in [3.63, 3.8) is 0 Å². The van der Waals surface area contributed by atoms with Crippen LogP contribution in [0.25, 0.3) is 5.76 Å². The minimum absolute atomic E-state index is 0.0687. The topological polar surface area (TPSA) is 107 Å². The van der Waals surface area contributed by atoms with E-state index in [2.05, 4.69) is 4.98 Å². The molecule has 2 aromatic carbocycles. The first-order valence-corrected chi connectivity index (χ1v) is 10.4. The summed E-state index contributed by atoms with van der Waals surface area (Å²) in [5, 5.41) is 11.4. The number of hydrogen-bond donors (Lipinski definition) is 1. The average molecular weight is 460 g/mol.